The highest BCUT2D eigenvalue weighted by Gasteiger charge is 2.16. The van der Waals surface area contributed by atoms with Gasteiger partial charge < -0.3 is 10.2 Å². The van der Waals surface area contributed by atoms with E-state index in [2.05, 4.69) is 64.8 Å². The number of fused-ring (bicyclic) bond motifs is 1. The molecule has 0 radical (unpaired) electrons. The van der Waals surface area contributed by atoms with E-state index in [9.17, 15) is 0 Å². The Morgan fingerprint density at radius 1 is 0.900 bits per heavy atom. The molecule has 0 saturated carbocycles. The van der Waals surface area contributed by atoms with Gasteiger partial charge in [0.1, 0.15) is 0 Å². The molecule has 2 nitrogen and oxygen atoms in total. The quantitative estimate of drug-likeness (QED) is 0.809. The topological polar surface area (TPSA) is 15.3 Å². The summed E-state index contributed by atoms with van der Waals surface area (Å²) in [5.74, 6) is 0. The first-order valence-corrected chi connectivity index (χ1v) is 7.51. The first kappa shape index (κ1) is 13.2. The highest BCUT2D eigenvalue weighted by molar-refractivity contribution is 5.57. The van der Waals surface area contributed by atoms with Crippen molar-refractivity contribution in [2.24, 2.45) is 0 Å². The zero-order valence-electron chi connectivity index (χ0n) is 11.9. The number of nitrogens with one attached hydrogen (secondary N) is 1. The van der Waals surface area contributed by atoms with Crippen LogP contribution >= 0.6 is 0 Å². The third-order valence-corrected chi connectivity index (χ3v) is 3.98. The van der Waals surface area contributed by atoms with Gasteiger partial charge in [0.05, 0.1) is 0 Å². The number of nitrogens with zero attached hydrogens (tertiary/aromatic N) is 1. The second-order valence-corrected chi connectivity index (χ2v) is 5.35. The SMILES string of the molecule is c1ccc(CCNCCN2CCc3ccccc32)cc1. The first-order valence-electron chi connectivity index (χ1n) is 7.51. The highest BCUT2D eigenvalue weighted by atomic mass is 15.2. The van der Waals surface area contributed by atoms with Gasteiger partial charge >= 0.3 is 0 Å². The molecule has 0 atom stereocenters. The highest BCUT2D eigenvalue weighted by Crippen LogP contribution is 2.26. The Labute approximate surface area is 121 Å². The number of hydrogen-bond acceptors (Lipinski definition) is 2. The Hall–Kier alpha value is -1.80. The Balaban J connectivity index is 1.39. The van der Waals surface area contributed by atoms with Crippen molar-refractivity contribution in [2.75, 3.05) is 31.1 Å². The van der Waals surface area contributed by atoms with E-state index in [0.29, 0.717) is 0 Å². The second-order valence-electron chi connectivity index (χ2n) is 5.35. The summed E-state index contributed by atoms with van der Waals surface area (Å²) in [7, 11) is 0. The van der Waals surface area contributed by atoms with E-state index in [1.54, 1.807) is 0 Å². The van der Waals surface area contributed by atoms with Crippen LogP contribution in [-0.4, -0.2) is 26.2 Å². The lowest BCUT2D eigenvalue weighted by Crippen LogP contribution is -2.31. The third-order valence-electron chi connectivity index (χ3n) is 3.98. The molecule has 0 aromatic heterocycles. The zero-order valence-corrected chi connectivity index (χ0v) is 11.9. The van der Waals surface area contributed by atoms with Crippen molar-refractivity contribution in [2.45, 2.75) is 12.8 Å². The van der Waals surface area contributed by atoms with Gasteiger partial charge in [0.25, 0.3) is 0 Å². The van der Waals surface area contributed by atoms with E-state index >= 15 is 0 Å². The minimum atomic E-state index is 1.06. The lowest BCUT2D eigenvalue weighted by molar-refractivity contribution is 0.665. The van der Waals surface area contributed by atoms with Gasteiger partial charge in [0.15, 0.2) is 0 Å². The minimum absolute atomic E-state index is 1.06. The van der Waals surface area contributed by atoms with Gasteiger partial charge in [-0.1, -0.05) is 48.5 Å². The second kappa shape index (κ2) is 6.58. The molecule has 2 aromatic carbocycles. The molecule has 0 aliphatic carbocycles. The monoisotopic (exact) mass is 266 g/mol. The zero-order chi connectivity index (χ0) is 13.6. The number of benzene rings is 2. The van der Waals surface area contributed by atoms with Crippen LogP contribution in [0.2, 0.25) is 0 Å². The van der Waals surface area contributed by atoms with Crippen LogP contribution in [0, 0.1) is 0 Å². The fourth-order valence-electron chi connectivity index (χ4n) is 2.86. The molecule has 104 valence electrons. The van der Waals surface area contributed by atoms with Crippen molar-refractivity contribution in [3.05, 3.63) is 65.7 Å². The van der Waals surface area contributed by atoms with Gasteiger partial charge in [0.2, 0.25) is 0 Å². The van der Waals surface area contributed by atoms with E-state index in [-0.39, 0.29) is 0 Å². The molecule has 0 unspecified atom stereocenters. The van der Waals surface area contributed by atoms with Gasteiger partial charge in [-0.25, -0.2) is 0 Å². The van der Waals surface area contributed by atoms with Crippen molar-refractivity contribution in [3.8, 4) is 0 Å². The molecule has 0 spiro atoms. The molecule has 1 aliphatic heterocycles. The molecule has 0 amide bonds. The number of anilines is 1. The Kier molecular flexibility index (Phi) is 4.34. The molecule has 20 heavy (non-hydrogen) atoms. The van der Waals surface area contributed by atoms with E-state index in [4.69, 9.17) is 0 Å². The molecule has 2 heteroatoms. The standard InChI is InChI=1S/C18H22N2/c1-2-6-16(7-3-1)10-12-19-13-15-20-14-11-17-8-4-5-9-18(17)20/h1-9,19H,10-15H2. The number of para-hydroxylation sites is 1. The summed E-state index contributed by atoms with van der Waals surface area (Å²) >= 11 is 0. The van der Waals surface area contributed by atoms with Gasteiger partial charge in [0, 0.05) is 25.3 Å². The minimum Gasteiger partial charge on any atom is -0.370 e. The summed E-state index contributed by atoms with van der Waals surface area (Å²) in [6, 6.07) is 19.4. The molecule has 1 N–H and O–H groups in total. The summed E-state index contributed by atoms with van der Waals surface area (Å²) in [5.41, 5.74) is 4.33. The molecule has 0 fully saturated rings. The van der Waals surface area contributed by atoms with Crippen LogP contribution in [0.1, 0.15) is 11.1 Å². The van der Waals surface area contributed by atoms with Crippen molar-refractivity contribution in [1.29, 1.82) is 0 Å². The smallest absolute Gasteiger partial charge is 0.0399 e. The molecule has 1 heterocycles. The average molecular weight is 266 g/mol. The van der Waals surface area contributed by atoms with E-state index < -0.39 is 0 Å². The largest absolute Gasteiger partial charge is 0.370 e. The lowest BCUT2D eigenvalue weighted by atomic mass is 10.1. The summed E-state index contributed by atoms with van der Waals surface area (Å²) in [4.78, 5) is 2.49. The molecular weight excluding hydrogens is 244 g/mol. The van der Waals surface area contributed by atoms with Crippen molar-refractivity contribution in [3.63, 3.8) is 0 Å². The van der Waals surface area contributed by atoms with Crippen LogP contribution in [0.3, 0.4) is 0 Å². The van der Waals surface area contributed by atoms with Gasteiger partial charge in [-0.2, -0.15) is 0 Å². The van der Waals surface area contributed by atoms with Crippen LogP contribution in [0.5, 0.6) is 0 Å². The molecule has 3 rings (SSSR count). The summed E-state index contributed by atoms with van der Waals surface area (Å²) < 4.78 is 0. The third kappa shape index (κ3) is 3.20. The molecule has 2 aromatic rings. The fraction of sp³-hybridized carbons (Fsp3) is 0.333. The normalized spacial score (nSPS) is 13.5. The van der Waals surface area contributed by atoms with Gasteiger partial charge in [-0.05, 0) is 36.6 Å². The average Bonchev–Trinajstić information content (AvgIpc) is 2.91. The lowest BCUT2D eigenvalue weighted by Gasteiger charge is -2.19. The van der Waals surface area contributed by atoms with Crippen LogP contribution in [0.4, 0.5) is 5.69 Å². The maximum absolute atomic E-state index is 3.55. The van der Waals surface area contributed by atoms with Gasteiger partial charge in [-0.15, -0.1) is 0 Å². The summed E-state index contributed by atoms with van der Waals surface area (Å²) in [6.45, 7) is 4.38. The fourth-order valence-corrected chi connectivity index (χ4v) is 2.86. The van der Waals surface area contributed by atoms with E-state index in [1.807, 2.05) is 0 Å². The Morgan fingerprint density at radius 3 is 2.60 bits per heavy atom. The van der Waals surface area contributed by atoms with Crippen LogP contribution in [0.15, 0.2) is 54.6 Å². The molecule has 0 bridgehead atoms. The van der Waals surface area contributed by atoms with Crippen LogP contribution in [0.25, 0.3) is 0 Å². The van der Waals surface area contributed by atoms with Gasteiger partial charge in [-0.3, -0.25) is 0 Å². The molecular formula is C18H22N2. The van der Waals surface area contributed by atoms with E-state index in [1.165, 1.54) is 29.8 Å². The maximum Gasteiger partial charge on any atom is 0.0399 e. The Morgan fingerprint density at radius 2 is 1.70 bits per heavy atom. The van der Waals surface area contributed by atoms with E-state index in [0.717, 1.165) is 26.1 Å². The van der Waals surface area contributed by atoms with Crippen LogP contribution in [-0.2, 0) is 12.8 Å². The first-order chi connectivity index (χ1) is 9.93. The number of hydrogen-bond donors (Lipinski definition) is 1. The summed E-state index contributed by atoms with van der Waals surface area (Å²) in [5, 5.41) is 3.55. The predicted molar refractivity (Wildman–Crippen MR) is 85.4 cm³/mol. The number of rotatable bonds is 6. The maximum atomic E-state index is 3.55. The molecule has 0 saturated heterocycles. The summed E-state index contributed by atoms with van der Waals surface area (Å²) in [6.07, 6.45) is 2.30. The van der Waals surface area contributed by atoms with Crippen LogP contribution < -0.4 is 10.2 Å². The van der Waals surface area contributed by atoms with Crippen molar-refractivity contribution in [1.82, 2.24) is 5.32 Å². The van der Waals surface area contributed by atoms with Crippen molar-refractivity contribution < 1.29 is 0 Å². The molecule has 1 aliphatic rings. The Bertz CT molecular complexity index is 536. The van der Waals surface area contributed by atoms with Crippen molar-refractivity contribution >= 4 is 5.69 Å². The predicted octanol–water partition coefficient (Wildman–Crippen LogP) is 2.88.